The zero-order valence-electron chi connectivity index (χ0n) is 7.75. The summed E-state index contributed by atoms with van der Waals surface area (Å²) >= 11 is 0. The minimum atomic E-state index is 0.0804. The molecule has 72 valence electrons. The summed E-state index contributed by atoms with van der Waals surface area (Å²) in [6.45, 7) is 3.82. The van der Waals surface area contributed by atoms with E-state index in [2.05, 4.69) is 0 Å². The molecule has 0 unspecified atom stereocenters. The number of methoxy groups -OCH3 is 1. The average Bonchev–Trinajstić information content (AvgIpc) is 2.00. The topological polar surface area (TPSA) is 49.8 Å². The van der Waals surface area contributed by atoms with Crippen LogP contribution in [0.2, 0.25) is 0 Å². The zero-order chi connectivity index (χ0) is 9.40. The van der Waals surface area contributed by atoms with Gasteiger partial charge in [0.2, 0.25) is 0 Å². The average molecular weight is 175 g/mol. The van der Waals surface area contributed by atoms with Crippen molar-refractivity contribution in [2.45, 2.75) is 6.92 Å². The van der Waals surface area contributed by atoms with E-state index >= 15 is 0 Å². The van der Waals surface area contributed by atoms with Gasteiger partial charge in [0.1, 0.15) is 5.78 Å². The van der Waals surface area contributed by atoms with E-state index in [1.165, 1.54) is 6.92 Å². The summed E-state index contributed by atoms with van der Waals surface area (Å²) in [5.41, 5.74) is 0. The van der Waals surface area contributed by atoms with Crippen LogP contribution >= 0.6 is 0 Å². The fraction of sp³-hybridized carbons (Fsp3) is 0.875. The molecule has 0 aromatic heterocycles. The van der Waals surface area contributed by atoms with Crippen LogP contribution in [0.4, 0.5) is 0 Å². The van der Waals surface area contributed by atoms with Gasteiger partial charge in [0.05, 0.1) is 19.8 Å². The van der Waals surface area contributed by atoms with E-state index in [0.717, 1.165) is 0 Å². The Hall–Kier alpha value is -0.450. The fourth-order valence-electron chi connectivity index (χ4n) is 0.947. The third-order valence-corrected chi connectivity index (χ3v) is 1.47. The van der Waals surface area contributed by atoms with Gasteiger partial charge in [0, 0.05) is 20.2 Å². The highest BCUT2D eigenvalue weighted by molar-refractivity contribution is 5.77. The van der Waals surface area contributed by atoms with E-state index in [4.69, 9.17) is 9.84 Å². The van der Waals surface area contributed by atoms with Crippen LogP contribution in [0.1, 0.15) is 6.92 Å². The Balaban J connectivity index is 3.61. The van der Waals surface area contributed by atoms with Gasteiger partial charge >= 0.3 is 0 Å². The van der Waals surface area contributed by atoms with Gasteiger partial charge in [-0.15, -0.1) is 0 Å². The highest BCUT2D eigenvalue weighted by Gasteiger charge is 2.05. The number of carbonyl (C=O) groups is 1. The van der Waals surface area contributed by atoms with E-state index in [1.54, 1.807) is 7.11 Å². The number of ketones is 1. The van der Waals surface area contributed by atoms with Crippen molar-refractivity contribution in [1.82, 2.24) is 4.90 Å². The first-order chi connectivity index (χ1) is 5.70. The summed E-state index contributed by atoms with van der Waals surface area (Å²) in [6.07, 6.45) is 0. The molecule has 0 atom stereocenters. The number of Topliss-reactive ketones (excluding diaryl/α,β-unsaturated/α-hetero) is 1. The van der Waals surface area contributed by atoms with Gasteiger partial charge in [-0.05, 0) is 6.92 Å². The summed E-state index contributed by atoms with van der Waals surface area (Å²) in [6, 6.07) is 0. The lowest BCUT2D eigenvalue weighted by Gasteiger charge is -2.18. The van der Waals surface area contributed by atoms with Gasteiger partial charge in [-0.25, -0.2) is 0 Å². The number of carbonyl (C=O) groups excluding carboxylic acids is 1. The van der Waals surface area contributed by atoms with Gasteiger partial charge in [-0.2, -0.15) is 0 Å². The van der Waals surface area contributed by atoms with Crippen molar-refractivity contribution in [2.24, 2.45) is 0 Å². The summed E-state index contributed by atoms with van der Waals surface area (Å²) in [5, 5.41) is 8.66. The SMILES string of the molecule is COCCN(CCO)CC(C)=O. The molecule has 0 saturated carbocycles. The van der Waals surface area contributed by atoms with Crippen molar-refractivity contribution in [3.05, 3.63) is 0 Å². The second kappa shape index (κ2) is 7.21. The van der Waals surface area contributed by atoms with Gasteiger partial charge in [0.15, 0.2) is 0 Å². The molecule has 0 bridgehead atoms. The maximum absolute atomic E-state index is 10.7. The fourth-order valence-corrected chi connectivity index (χ4v) is 0.947. The molecular formula is C8H17NO3. The maximum atomic E-state index is 10.7. The van der Waals surface area contributed by atoms with Gasteiger partial charge in [-0.1, -0.05) is 0 Å². The Morgan fingerprint density at radius 3 is 2.58 bits per heavy atom. The number of ether oxygens (including phenoxy) is 1. The molecule has 4 nitrogen and oxygen atoms in total. The molecular weight excluding hydrogens is 158 g/mol. The molecule has 0 rings (SSSR count). The highest BCUT2D eigenvalue weighted by atomic mass is 16.5. The first kappa shape index (κ1) is 11.6. The number of hydrogen-bond acceptors (Lipinski definition) is 4. The lowest BCUT2D eigenvalue weighted by atomic mass is 10.4. The first-order valence-corrected chi connectivity index (χ1v) is 4.02. The largest absolute Gasteiger partial charge is 0.395 e. The van der Waals surface area contributed by atoms with Crippen molar-refractivity contribution in [3.63, 3.8) is 0 Å². The van der Waals surface area contributed by atoms with E-state index in [0.29, 0.717) is 26.2 Å². The normalized spacial score (nSPS) is 10.7. The van der Waals surface area contributed by atoms with Gasteiger partial charge in [-0.3, -0.25) is 9.69 Å². The second-order valence-corrected chi connectivity index (χ2v) is 2.69. The van der Waals surface area contributed by atoms with Crippen LogP contribution in [0, 0.1) is 0 Å². The molecule has 0 aliphatic carbocycles. The quantitative estimate of drug-likeness (QED) is 0.567. The minimum absolute atomic E-state index is 0.0804. The number of aliphatic hydroxyl groups excluding tert-OH is 1. The number of hydrogen-bond donors (Lipinski definition) is 1. The summed E-state index contributed by atoms with van der Waals surface area (Å²) in [4.78, 5) is 12.6. The zero-order valence-corrected chi connectivity index (χ0v) is 7.75. The monoisotopic (exact) mass is 175 g/mol. The molecule has 0 heterocycles. The predicted molar refractivity (Wildman–Crippen MR) is 46.1 cm³/mol. The molecule has 0 fully saturated rings. The van der Waals surface area contributed by atoms with E-state index in [1.807, 2.05) is 4.90 Å². The molecule has 0 aliphatic heterocycles. The van der Waals surface area contributed by atoms with Crippen molar-refractivity contribution < 1.29 is 14.6 Å². The predicted octanol–water partition coefficient (Wildman–Crippen LogP) is -0.484. The van der Waals surface area contributed by atoms with Crippen LogP contribution in [-0.2, 0) is 9.53 Å². The number of aliphatic hydroxyl groups is 1. The standard InChI is InChI=1S/C8H17NO3/c1-8(11)7-9(3-5-10)4-6-12-2/h10H,3-7H2,1-2H3. The van der Waals surface area contributed by atoms with Crippen LogP contribution in [0.15, 0.2) is 0 Å². The molecule has 0 saturated heterocycles. The molecule has 12 heavy (non-hydrogen) atoms. The molecule has 0 aromatic rings. The summed E-state index contributed by atoms with van der Waals surface area (Å²) in [5.74, 6) is 0.111. The highest BCUT2D eigenvalue weighted by Crippen LogP contribution is 1.88. The van der Waals surface area contributed by atoms with Crippen LogP contribution in [-0.4, -0.2) is 55.7 Å². The number of nitrogens with zero attached hydrogens (tertiary/aromatic N) is 1. The van der Waals surface area contributed by atoms with Crippen molar-refractivity contribution in [2.75, 3.05) is 40.0 Å². The molecule has 0 spiro atoms. The summed E-state index contributed by atoms with van der Waals surface area (Å²) < 4.78 is 4.87. The van der Waals surface area contributed by atoms with Crippen LogP contribution in [0.5, 0.6) is 0 Å². The lowest BCUT2D eigenvalue weighted by molar-refractivity contribution is -0.118. The van der Waals surface area contributed by atoms with Crippen LogP contribution in [0.25, 0.3) is 0 Å². The van der Waals surface area contributed by atoms with E-state index in [9.17, 15) is 4.79 Å². The second-order valence-electron chi connectivity index (χ2n) is 2.69. The van der Waals surface area contributed by atoms with Crippen molar-refractivity contribution >= 4 is 5.78 Å². The van der Waals surface area contributed by atoms with Gasteiger partial charge in [0.25, 0.3) is 0 Å². The minimum Gasteiger partial charge on any atom is -0.395 e. The Morgan fingerprint density at radius 1 is 1.50 bits per heavy atom. The Morgan fingerprint density at radius 2 is 2.17 bits per heavy atom. The lowest BCUT2D eigenvalue weighted by Crippen LogP contribution is -2.34. The molecule has 0 radical (unpaired) electrons. The third kappa shape index (κ3) is 6.27. The molecule has 0 aliphatic rings. The van der Waals surface area contributed by atoms with E-state index < -0.39 is 0 Å². The number of rotatable bonds is 7. The molecule has 4 heteroatoms. The maximum Gasteiger partial charge on any atom is 0.143 e. The Bertz CT molecular complexity index is 127. The third-order valence-electron chi connectivity index (χ3n) is 1.47. The Kier molecular flexibility index (Phi) is 6.94. The molecule has 1 N–H and O–H groups in total. The van der Waals surface area contributed by atoms with Crippen molar-refractivity contribution in [1.29, 1.82) is 0 Å². The van der Waals surface area contributed by atoms with Gasteiger partial charge < -0.3 is 9.84 Å². The van der Waals surface area contributed by atoms with Crippen LogP contribution in [0.3, 0.4) is 0 Å². The summed E-state index contributed by atoms with van der Waals surface area (Å²) in [7, 11) is 1.62. The molecule has 0 aromatic carbocycles. The smallest absolute Gasteiger partial charge is 0.143 e. The molecule has 0 amide bonds. The van der Waals surface area contributed by atoms with Crippen molar-refractivity contribution in [3.8, 4) is 0 Å². The van der Waals surface area contributed by atoms with Crippen LogP contribution < -0.4 is 0 Å². The first-order valence-electron chi connectivity index (χ1n) is 4.02. The Labute approximate surface area is 73.1 Å². The van der Waals surface area contributed by atoms with E-state index in [-0.39, 0.29) is 12.4 Å².